The SMILES string of the molecule is CN(C)[C@]1(c2ccccc2)CC[C@@]2(CC1)CN(c1ccccc1OCC#N)C(=O)N2. The maximum absolute atomic E-state index is 12.9. The van der Waals surface area contributed by atoms with Gasteiger partial charge in [0, 0.05) is 5.54 Å². The fourth-order valence-corrected chi connectivity index (χ4v) is 4.98. The van der Waals surface area contributed by atoms with E-state index in [9.17, 15) is 4.79 Å². The van der Waals surface area contributed by atoms with Gasteiger partial charge in [0.25, 0.3) is 0 Å². The van der Waals surface area contributed by atoms with Crippen molar-refractivity contribution in [2.75, 3.05) is 32.1 Å². The third-order valence-corrected chi connectivity index (χ3v) is 6.73. The van der Waals surface area contributed by atoms with Gasteiger partial charge in [0.2, 0.25) is 0 Å². The standard InChI is InChI=1S/C24H28N4O2/c1-27(2)24(19-8-4-3-5-9-19)14-12-23(13-15-24)18-28(22(29)26-23)20-10-6-7-11-21(20)30-17-16-25/h3-11H,12-15,17-18H2,1-2H3,(H,26,29)/t23-,24-. The highest BCUT2D eigenvalue weighted by Gasteiger charge is 2.50. The van der Waals surface area contributed by atoms with Gasteiger partial charge in [-0.05, 0) is 57.5 Å². The van der Waals surface area contributed by atoms with Crippen LogP contribution in [0.4, 0.5) is 10.5 Å². The van der Waals surface area contributed by atoms with Crippen LogP contribution in [0.2, 0.25) is 0 Å². The number of rotatable bonds is 5. The van der Waals surface area contributed by atoms with Crippen LogP contribution in [0.1, 0.15) is 31.2 Å². The molecule has 0 unspecified atom stereocenters. The van der Waals surface area contributed by atoms with Gasteiger partial charge in [-0.2, -0.15) is 5.26 Å². The molecule has 6 heteroatoms. The number of urea groups is 1. The maximum Gasteiger partial charge on any atom is 0.322 e. The number of amides is 2. The Morgan fingerprint density at radius 1 is 1.07 bits per heavy atom. The molecule has 30 heavy (non-hydrogen) atoms. The van der Waals surface area contributed by atoms with Gasteiger partial charge in [-0.3, -0.25) is 9.80 Å². The Morgan fingerprint density at radius 3 is 2.40 bits per heavy atom. The molecular formula is C24H28N4O2. The van der Waals surface area contributed by atoms with E-state index in [2.05, 4.69) is 54.6 Å². The molecule has 1 saturated carbocycles. The van der Waals surface area contributed by atoms with Gasteiger partial charge < -0.3 is 10.1 Å². The summed E-state index contributed by atoms with van der Waals surface area (Å²) in [5.41, 5.74) is 1.79. The summed E-state index contributed by atoms with van der Waals surface area (Å²) in [6.45, 7) is 0.567. The van der Waals surface area contributed by atoms with Crippen molar-refractivity contribution in [2.24, 2.45) is 0 Å². The summed E-state index contributed by atoms with van der Waals surface area (Å²) < 4.78 is 5.56. The Morgan fingerprint density at radius 2 is 1.73 bits per heavy atom. The molecule has 2 aliphatic rings. The molecule has 1 heterocycles. The smallest absolute Gasteiger partial charge is 0.322 e. The minimum absolute atomic E-state index is 0.0154. The average Bonchev–Trinajstić information content (AvgIpc) is 3.09. The number of hydrogen-bond acceptors (Lipinski definition) is 4. The molecule has 1 aliphatic carbocycles. The fraction of sp³-hybridized carbons (Fsp3) is 0.417. The second kappa shape index (κ2) is 8.00. The number of benzene rings is 2. The Kier molecular flexibility index (Phi) is 5.40. The van der Waals surface area contributed by atoms with Crippen molar-refractivity contribution < 1.29 is 9.53 Å². The summed E-state index contributed by atoms with van der Waals surface area (Å²) in [6, 6.07) is 20.0. The van der Waals surface area contributed by atoms with E-state index in [1.165, 1.54) is 5.56 Å². The van der Waals surface area contributed by atoms with Crippen molar-refractivity contribution >= 4 is 11.7 Å². The number of ether oxygens (including phenoxy) is 1. The monoisotopic (exact) mass is 404 g/mol. The van der Waals surface area contributed by atoms with Gasteiger partial charge in [0.05, 0.1) is 17.8 Å². The molecule has 6 nitrogen and oxygen atoms in total. The highest BCUT2D eigenvalue weighted by molar-refractivity contribution is 5.96. The van der Waals surface area contributed by atoms with Crippen LogP contribution in [0.5, 0.6) is 5.75 Å². The van der Waals surface area contributed by atoms with Crippen molar-refractivity contribution in [3.05, 3.63) is 60.2 Å². The normalized spacial score (nSPS) is 25.9. The minimum atomic E-state index is -0.242. The first-order chi connectivity index (χ1) is 14.5. The Balaban J connectivity index is 1.55. The Labute approximate surface area is 178 Å². The fourth-order valence-electron chi connectivity index (χ4n) is 4.98. The number of carbonyl (C=O) groups excluding carboxylic acids is 1. The number of carbonyl (C=O) groups is 1. The van der Waals surface area contributed by atoms with Crippen LogP contribution in [-0.2, 0) is 5.54 Å². The largest absolute Gasteiger partial charge is 0.477 e. The molecule has 1 N–H and O–H groups in total. The lowest BCUT2D eigenvalue weighted by atomic mass is 9.69. The lowest BCUT2D eigenvalue weighted by Gasteiger charge is -2.48. The van der Waals surface area contributed by atoms with Gasteiger partial charge >= 0.3 is 6.03 Å². The van der Waals surface area contributed by atoms with Crippen LogP contribution in [0.3, 0.4) is 0 Å². The first-order valence-corrected chi connectivity index (χ1v) is 10.4. The number of nitrogens with one attached hydrogen (secondary N) is 1. The average molecular weight is 405 g/mol. The second-order valence-electron chi connectivity index (χ2n) is 8.50. The second-order valence-corrected chi connectivity index (χ2v) is 8.50. The quantitative estimate of drug-likeness (QED) is 0.821. The van der Waals surface area contributed by atoms with E-state index < -0.39 is 0 Å². The summed E-state index contributed by atoms with van der Waals surface area (Å²) in [4.78, 5) is 17.0. The molecule has 2 amide bonds. The molecule has 0 bridgehead atoms. The molecule has 156 valence electrons. The van der Waals surface area contributed by atoms with E-state index in [0.29, 0.717) is 12.3 Å². The van der Waals surface area contributed by atoms with Crippen molar-refractivity contribution in [2.45, 2.75) is 36.8 Å². The molecular weight excluding hydrogens is 376 g/mol. The number of para-hydroxylation sites is 2. The summed E-state index contributed by atoms with van der Waals surface area (Å²) >= 11 is 0. The molecule has 2 aromatic rings. The minimum Gasteiger partial charge on any atom is -0.477 e. The first-order valence-electron chi connectivity index (χ1n) is 10.4. The van der Waals surface area contributed by atoms with Crippen LogP contribution in [0.15, 0.2) is 54.6 Å². The molecule has 0 radical (unpaired) electrons. The van der Waals surface area contributed by atoms with Crippen molar-refractivity contribution in [3.63, 3.8) is 0 Å². The van der Waals surface area contributed by atoms with E-state index in [0.717, 1.165) is 31.4 Å². The maximum atomic E-state index is 12.9. The Hall–Kier alpha value is -3.04. The van der Waals surface area contributed by atoms with Crippen molar-refractivity contribution in [3.8, 4) is 11.8 Å². The van der Waals surface area contributed by atoms with Crippen molar-refractivity contribution in [1.29, 1.82) is 5.26 Å². The van der Waals surface area contributed by atoms with Crippen molar-refractivity contribution in [1.82, 2.24) is 10.2 Å². The molecule has 2 aromatic carbocycles. The summed E-state index contributed by atoms with van der Waals surface area (Å²) in [7, 11) is 4.29. The number of anilines is 1. The zero-order valence-electron chi connectivity index (χ0n) is 17.6. The van der Waals surface area contributed by atoms with E-state index in [4.69, 9.17) is 10.00 Å². The zero-order valence-corrected chi connectivity index (χ0v) is 17.6. The third-order valence-electron chi connectivity index (χ3n) is 6.73. The summed E-state index contributed by atoms with van der Waals surface area (Å²) in [5.74, 6) is 0.564. The van der Waals surface area contributed by atoms with Gasteiger partial charge in [-0.1, -0.05) is 42.5 Å². The molecule has 1 spiro atoms. The van der Waals surface area contributed by atoms with Crippen LogP contribution >= 0.6 is 0 Å². The zero-order chi connectivity index (χ0) is 21.2. The van der Waals surface area contributed by atoms with E-state index >= 15 is 0 Å². The van der Waals surface area contributed by atoms with E-state index in [1.807, 2.05) is 24.3 Å². The van der Waals surface area contributed by atoms with Gasteiger partial charge in [-0.25, -0.2) is 4.79 Å². The lowest BCUT2D eigenvalue weighted by molar-refractivity contribution is 0.0658. The molecule has 0 aromatic heterocycles. The molecule has 1 saturated heterocycles. The highest BCUT2D eigenvalue weighted by atomic mass is 16.5. The van der Waals surface area contributed by atoms with Gasteiger partial charge in [0.15, 0.2) is 6.61 Å². The lowest BCUT2D eigenvalue weighted by Crippen LogP contribution is -2.54. The van der Waals surface area contributed by atoms with Crippen LogP contribution in [0.25, 0.3) is 0 Å². The molecule has 0 atom stereocenters. The Bertz CT molecular complexity index is 943. The molecule has 4 rings (SSSR count). The van der Waals surface area contributed by atoms with E-state index in [-0.39, 0.29) is 23.7 Å². The van der Waals surface area contributed by atoms with Crippen LogP contribution in [-0.4, -0.2) is 43.7 Å². The summed E-state index contributed by atoms with van der Waals surface area (Å²) in [6.07, 6.45) is 3.77. The number of nitriles is 1. The third kappa shape index (κ3) is 3.50. The predicted octanol–water partition coefficient (Wildman–Crippen LogP) is 3.89. The van der Waals surface area contributed by atoms with Gasteiger partial charge in [-0.15, -0.1) is 0 Å². The first kappa shape index (κ1) is 20.2. The highest BCUT2D eigenvalue weighted by Crippen LogP contribution is 2.46. The summed E-state index contributed by atoms with van der Waals surface area (Å²) in [5, 5.41) is 12.1. The van der Waals surface area contributed by atoms with Gasteiger partial charge in [0.1, 0.15) is 11.8 Å². The predicted molar refractivity (Wildman–Crippen MR) is 116 cm³/mol. The van der Waals surface area contributed by atoms with Crippen LogP contribution < -0.4 is 15.0 Å². The number of hydrogen-bond donors (Lipinski definition) is 1. The molecule has 2 fully saturated rings. The topological polar surface area (TPSA) is 68.6 Å². The van der Waals surface area contributed by atoms with Crippen LogP contribution in [0, 0.1) is 11.3 Å². The molecule has 1 aliphatic heterocycles. The van der Waals surface area contributed by atoms with E-state index in [1.54, 1.807) is 11.0 Å². The number of nitrogens with zero attached hydrogens (tertiary/aromatic N) is 3.